The molecule has 0 amide bonds. The molecule has 0 aromatic rings. The molecule has 12 heavy (non-hydrogen) atoms. The molecular weight excluding hydrogens is 160 g/mol. The van der Waals surface area contributed by atoms with Crippen LogP contribution in [0, 0.1) is 0 Å². The van der Waals surface area contributed by atoms with Crippen molar-refractivity contribution < 1.29 is 19.3 Å². The van der Waals surface area contributed by atoms with Gasteiger partial charge in [-0.25, -0.2) is 0 Å². The lowest BCUT2D eigenvalue weighted by Gasteiger charge is -2.26. The van der Waals surface area contributed by atoms with E-state index >= 15 is 0 Å². The molecule has 2 heterocycles. The van der Waals surface area contributed by atoms with Crippen LogP contribution in [0.15, 0.2) is 0 Å². The van der Waals surface area contributed by atoms with Gasteiger partial charge < -0.3 is 19.3 Å². The van der Waals surface area contributed by atoms with Gasteiger partial charge in [0, 0.05) is 6.42 Å². The van der Waals surface area contributed by atoms with Gasteiger partial charge in [-0.1, -0.05) is 0 Å². The molecule has 0 aliphatic carbocycles. The summed E-state index contributed by atoms with van der Waals surface area (Å²) in [6.45, 7) is 5.34. The molecule has 0 aromatic carbocycles. The predicted octanol–water partition coefficient (Wildman–Crippen LogP) is 0.593. The highest BCUT2D eigenvalue weighted by Gasteiger charge is 2.63. The Kier molecular flexibility index (Phi) is 1.55. The Morgan fingerprint density at radius 3 is 2.50 bits per heavy atom. The van der Waals surface area contributed by atoms with Crippen molar-refractivity contribution in [1.82, 2.24) is 0 Å². The van der Waals surface area contributed by atoms with Crippen molar-refractivity contribution in [3.63, 3.8) is 0 Å². The lowest BCUT2D eigenvalue weighted by Crippen LogP contribution is -2.45. The number of aliphatic hydroxyl groups is 1. The summed E-state index contributed by atoms with van der Waals surface area (Å²) in [6.07, 6.45) is 0.0494. The van der Waals surface area contributed by atoms with E-state index in [0.717, 1.165) is 0 Å². The van der Waals surface area contributed by atoms with Gasteiger partial charge in [-0.15, -0.1) is 0 Å². The van der Waals surface area contributed by atoms with Gasteiger partial charge in [0.15, 0.2) is 6.29 Å². The van der Waals surface area contributed by atoms with Crippen LogP contribution in [0.25, 0.3) is 0 Å². The minimum Gasteiger partial charge on any atom is -0.361 e. The van der Waals surface area contributed by atoms with Crippen molar-refractivity contribution in [3.05, 3.63) is 0 Å². The summed E-state index contributed by atoms with van der Waals surface area (Å²) in [6, 6.07) is 0. The van der Waals surface area contributed by atoms with Crippen molar-refractivity contribution in [2.24, 2.45) is 0 Å². The number of ether oxygens (including phenoxy) is 3. The topological polar surface area (TPSA) is 47.9 Å². The molecule has 4 unspecified atom stereocenters. The highest BCUT2D eigenvalue weighted by Crippen LogP contribution is 2.47. The third-order valence-electron chi connectivity index (χ3n) is 2.45. The first kappa shape index (κ1) is 8.44. The van der Waals surface area contributed by atoms with Gasteiger partial charge in [0.05, 0.1) is 6.10 Å². The maximum absolute atomic E-state index is 9.96. The summed E-state index contributed by atoms with van der Waals surface area (Å²) >= 11 is 0. The normalized spacial score (nSPS) is 59.0. The minimum absolute atomic E-state index is 0.0208. The quantitative estimate of drug-likeness (QED) is 0.584. The number of hydrogen-bond donors (Lipinski definition) is 1. The molecule has 0 aromatic heterocycles. The maximum atomic E-state index is 9.96. The zero-order chi connectivity index (χ0) is 8.98. The van der Waals surface area contributed by atoms with E-state index in [1.54, 1.807) is 13.8 Å². The first-order valence-corrected chi connectivity index (χ1v) is 4.21. The van der Waals surface area contributed by atoms with Crippen molar-refractivity contribution in [3.8, 4) is 0 Å². The predicted molar refractivity (Wildman–Crippen MR) is 40.2 cm³/mol. The second-order valence-corrected chi connectivity index (χ2v) is 3.67. The number of hydrogen-bond acceptors (Lipinski definition) is 4. The van der Waals surface area contributed by atoms with E-state index in [1.807, 2.05) is 6.92 Å². The third kappa shape index (κ3) is 0.925. The van der Waals surface area contributed by atoms with E-state index in [2.05, 4.69) is 0 Å². The van der Waals surface area contributed by atoms with Gasteiger partial charge in [0.2, 0.25) is 11.6 Å². The Labute approximate surface area is 71.4 Å². The Morgan fingerprint density at radius 2 is 1.92 bits per heavy atom. The van der Waals surface area contributed by atoms with Gasteiger partial charge >= 0.3 is 0 Å². The Hall–Kier alpha value is -0.160. The fourth-order valence-electron chi connectivity index (χ4n) is 1.98. The average molecular weight is 174 g/mol. The molecule has 0 spiro atoms. The highest BCUT2D eigenvalue weighted by atomic mass is 16.9. The molecule has 1 N–H and O–H groups in total. The molecule has 2 fully saturated rings. The van der Waals surface area contributed by atoms with Crippen LogP contribution in [0.2, 0.25) is 0 Å². The molecule has 4 atom stereocenters. The second-order valence-electron chi connectivity index (χ2n) is 3.67. The third-order valence-corrected chi connectivity index (χ3v) is 2.45. The van der Waals surface area contributed by atoms with Crippen LogP contribution in [-0.4, -0.2) is 29.1 Å². The van der Waals surface area contributed by atoms with Crippen molar-refractivity contribution >= 4 is 0 Å². The van der Waals surface area contributed by atoms with Crippen LogP contribution in [0.1, 0.15) is 27.2 Å². The number of rotatable bonds is 0. The average Bonchev–Trinajstić information content (AvgIpc) is 2.09. The maximum Gasteiger partial charge on any atom is 0.225 e. The van der Waals surface area contributed by atoms with E-state index in [0.29, 0.717) is 6.42 Å². The summed E-state index contributed by atoms with van der Waals surface area (Å²) < 4.78 is 16.1. The molecule has 0 bridgehead atoms. The smallest absolute Gasteiger partial charge is 0.225 e. The van der Waals surface area contributed by atoms with Gasteiger partial charge in [-0.05, 0) is 20.8 Å². The van der Waals surface area contributed by atoms with Gasteiger partial charge in [0.25, 0.3) is 0 Å². The van der Waals surface area contributed by atoms with Gasteiger partial charge in [-0.2, -0.15) is 0 Å². The van der Waals surface area contributed by atoms with E-state index < -0.39 is 17.9 Å². The standard InChI is InChI=1S/C8H14O4/c1-5-4-8(9)7(3,10-5)11-6(2)12-8/h5-6,9H,4H2,1-3H3. The summed E-state index contributed by atoms with van der Waals surface area (Å²) in [5.41, 5.74) is 0. The van der Waals surface area contributed by atoms with Crippen molar-refractivity contribution in [2.45, 2.75) is 51.2 Å². The molecule has 2 aliphatic rings. The fraction of sp³-hybridized carbons (Fsp3) is 1.00. The van der Waals surface area contributed by atoms with Crippen molar-refractivity contribution in [1.29, 1.82) is 0 Å². The molecular formula is C8H14O4. The Morgan fingerprint density at radius 1 is 1.25 bits per heavy atom. The summed E-state index contributed by atoms with van der Waals surface area (Å²) in [5, 5.41) is 9.96. The fourth-order valence-corrected chi connectivity index (χ4v) is 1.98. The second kappa shape index (κ2) is 2.20. The molecule has 70 valence electrons. The van der Waals surface area contributed by atoms with Crippen LogP contribution in [-0.2, 0) is 14.2 Å². The first-order valence-electron chi connectivity index (χ1n) is 4.21. The van der Waals surface area contributed by atoms with E-state index in [1.165, 1.54) is 0 Å². The summed E-state index contributed by atoms with van der Waals surface area (Å²) in [7, 11) is 0. The van der Waals surface area contributed by atoms with Crippen LogP contribution in [0.4, 0.5) is 0 Å². The molecule has 2 saturated heterocycles. The SMILES string of the molecule is CC1CC2(O)OC(C)OC2(C)O1. The monoisotopic (exact) mass is 174 g/mol. The lowest BCUT2D eigenvalue weighted by molar-refractivity contribution is -0.258. The Bertz CT molecular complexity index is 169. The molecule has 0 saturated carbocycles. The van der Waals surface area contributed by atoms with Gasteiger partial charge in [0.1, 0.15) is 0 Å². The minimum atomic E-state index is -1.26. The van der Waals surface area contributed by atoms with E-state index in [9.17, 15) is 5.11 Å². The van der Waals surface area contributed by atoms with Crippen LogP contribution in [0.3, 0.4) is 0 Å². The lowest BCUT2D eigenvalue weighted by atomic mass is 10.1. The Balaban J connectivity index is 2.27. The first-order chi connectivity index (χ1) is 5.45. The molecule has 2 aliphatic heterocycles. The van der Waals surface area contributed by atoms with Crippen LogP contribution >= 0.6 is 0 Å². The van der Waals surface area contributed by atoms with Gasteiger partial charge in [-0.3, -0.25) is 0 Å². The number of fused-ring (bicyclic) bond motifs is 1. The summed E-state index contributed by atoms with van der Waals surface area (Å²) in [5.74, 6) is -2.24. The summed E-state index contributed by atoms with van der Waals surface area (Å²) in [4.78, 5) is 0. The molecule has 2 rings (SSSR count). The molecule has 4 nitrogen and oxygen atoms in total. The van der Waals surface area contributed by atoms with Crippen LogP contribution < -0.4 is 0 Å². The highest BCUT2D eigenvalue weighted by molar-refractivity contribution is 4.95. The van der Waals surface area contributed by atoms with Crippen molar-refractivity contribution in [2.75, 3.05) is 0 Å². The molecule has 0 radical (unpaired) electrons. The zero-order valence-electron chi connectivity index (χ0n) is 7.53. The van der Waals surface area contributed by atoms with E-state index in [4.69, 9.17) is 14.2 Å². The largest absolute Gasteiger partial charge is 0.361 e. The zero-order valence-corrected chi connectivity index (χ0v) is 7.53. The van der Waals surface area contributed by atoms with E-state index in [-0.39, 0.29) is 6.10 Å². The van der Waals surface area contributed by atoms with Crippen LogP contribution in [0.5, 0.6) is 0 Å². The molecule has 4 heteroatoms.